The molecule has 0 amide bonds. The van der Waals surface area contributed by atoms with Crippen LogP contribution in [0.15, 0.2) is 30.5 Å². The van der Waals surface area contributed by atoms with E-state index in [2.05, 4.69) is 17.2 Å². The van der Waals surface area contributed by atoms with E-state index in [0.717, 1.165) is 19.2 Å². The smallest absolute Gasteiger partial charge is 0.223 e. The average Bonchev–Trinajstić information content (AvgIpc) is 2.46. The van der Waals surface area contributed by atoms with Gasteiger partial charge in [0.1, 0.15) is 16.6 Å². The first-order chi connectivity index (χ1) is 10.1. The summed E-state index contributed by atoms with van der Waals surface area (Å²) in [6.07, 6.45) is 2.09. The van der Waals surface area contributed by atoms with Crippen molar-refractivity contribution in [3.05, 3.63) is 51.9 Å². The van der Waals surface area contributed by atoms with Gasteiger partial charge in [0.2, 0.25) is 5.88 Å². The summed E-state index contributed by atoms with van der Waals surface area (Å²) in [5.74, 6) is 0.289. The summed E-state index contributed by atoms with van der Waals surface area (Å²) < 4.78 is 19.0. The number of aromatic nitrogens is 1. The van der Waals surface area contributed by atoms with Gasteiger partial charge >= 0.3 is 0 Å². The van der Waals surface area contributed by atoms with Gasteiger partial charge in [-0.3, -0.25) is 0 Å². The van der Waals surface area contributed by atoms with Gasteiger partial charge in [0.25, 0.3) is 0 Å². The van der Waals surface area contributed by atoms with Crippen LogP contribution in [-0.4, -0.2) is 11.5 Å². The molecule has 0 atom stereocenters. The summed E-state index contributed by atoms with van der Waals surface area (Å²) in [5, 5.41) is 3.88. The minimum atomic E-state index is -0.409. The molecule has 1 aromatic heterocycles. The third-order valence-electron chi connectivity index (χ3n) is 2.76. The summed E-state index contributed by atoms with van der Waals surface area (Å²) in [5.41, 5.74) is 0.625. The van der Waals surface area contributed by atoms with Crippen LogP contribution in [0.3, 0.4) is 0 Å². The predicted octanol–water partition coefficient (Wildman–Crippen LogP) is 4.82. The number of ether oxygens (including phenoxy) is 1. The van der Waals surface area contributed by atoms with Crippen LogP contribution >= 0.6 is 23.2 Å². The molecule has 1 aromatic carbocycles. The Morgan fingerprint density at radius 2 is 2.14 bits per heavy atom. The largest absolute Gasteiger partial charge is 0.437 e. The molecule has 3 nitrogen and oxygen atoms in total. The summed E-state index contributed by atoms with van der Waals surface area (Å²) in [6, 6.07) is 6.46. The Kier molecular flexibility index (Phi) is 5.79. The number of halogens is 3. The van der Waals surface area contributed by atoms with E-state index in [4.69, 9.17) is 27.9 Å². The Bertz CT molecular complexity index is 623. The van der Waals surface area contributed by atoms with Gasteiger partial charge in [0.15, 0.2) is 0 Å². The topological polar surface area (TPSA) is 34.2 Å². The van der Waals surface area contributed by atoms with Gasteiger partial charge in [-0.25, -0.2) is 9.37 Å². The molecule has 21 heavy (non-hydrogen) atoms. The van der Waals surface area contributed by atoms with E-state index < -0.39 is 5.82 Å². The van der Waals surface area contributed by atoms with Crippen molar-refractivity contribution in [1.29, 1.82) is 0 Å². The first-order valence-electron chi connectivity index (χ1n) is 6.58. The van der Waals surface area contributed by atoms with Crippen molar-refractivity contribution >= 4 is 23.2 Å². The van der Waals surface area contributed by atoms with Crippen molar-refractivity contribution in [2.75, 3.05) is 6.54 Å². The number of pyridine rings is 1. The van der Waals surface area contributed by atoms with Crippen molar-refractivity contribution in [2.24, 2.45) is 0 Å². The zero-order chi connectivity index (χ0) is 15.2. The quantitative estimate of drug-likeness (QED) is 0.772. The zero-order valence-corrected chi connectivity index (χ0v) is 13.0. The van der Waals surface area contributed by atoms with E-state index in [0.29, 0.717) is 33.8 Å². The van der Waals surface area contributed by atoms with Crippen LogP contribution in [0.25, 0.3) is 0 Å². The maximum atomic E-state index is 13.3. The van der Waals surface area contributed by atoms with E-state index in [9.17, 15) is 4.39 Å². The molecule has 0 fully saturated rings. The molecule has 1 N–H and O–H groups in total. The standard InChI is InChI=1S/C15H15Cl2FN2O/c1-2-6-19-8-10-7-11(18)9-20-15(10)21-13-5-3-4-12(16)14(13)17/h3-5,7,9,19H,2,6,8H2,1H3. The maximum Gasteiger partial charge on any atom is 0.223 e. The Hall–Kier alpha value is -1.36. The number of nitrogens with zero attached hydrogens (tertiary/aromatic N) is 1. The number of rotatable bonds is 6. The fourth-order valence-electron chi connectivity index (χ4n) is 1.75. The predicted molar refractivity (Wildman–Crippen MR) is 82.7 cm³/mol. The first-order valence-corrected chi connectivity index (χ1v) is 7.34. The Labute approximate surface area is 133 Å². The van der Waals surface area contributed by atoms with Crippen molar-refractivity contribution in [3.63, 3.8) is 0 Å². The molecule has 0 spiro atoms. The molecule has 0 radical (unpaired) electrons. The second-order valence-electron chi connectivity index (χ2n) is 4.45. The molecule has 1 heterocycles. The Morgan fingerprint density at radius 3 is 2.90 bits per heavy atom. The molecular weight excluding hydrogens is 314 g/mol. The van der Waals surface area contributed by atoms with Crippen LogP contribution in [0.4, 0.5) is 4.39 Å². The van der Waals surface area contributed by atoms with E-state index in [1.165, 1.54) is 6.07 Å². The highest BCUT2D eigenvalue weighted by Gasteiger charge is 2.12. The van der Waals surface area contributed by atoms with Crippen molar-refractivity contribution in [2.45, 2.75) is 19.9 Å². The summed E-state index contributed by atoms with van der Waals surface area (Å²) >= 11 is 12.0. The third-order valence-corrected chi connectivity index (χ3v) is 3.56. The molecule has 0 saturated heterocycles. The molecule has 112 valence electrons. The van der Waals surface area contributed by atoms with Crippen LogP contribution in [0.5, 0.6) is 11.6 Å². The molecule has 2 aromatic rings. The SMILES string of the molecule is CCCNCc1cc(F)cnc1Oc1cccc(Cl)c1Cl. The lowest BCUT2D eigenvalue weighted by atomic mass is 10.2. The molecule has 0 unspecified atom stereocenters. The fourth-order valence-corrected chi connectivity index (χ4v) is 2.08. The molecule has 0 bridgehead atoms. The van der Waals surface area contributed by atoms with Crippen molar-refractivity contribution in [3.8, 4) is 11.6 Å². The van der Waals surface area contributed by atoms with Crippen LogP contribution in [0, 0.1) is 5.82 Å². The minimum absolute atomic E-state index is 0.303. The van der Waals surface area contributed by atoms with Gasteiger partial charge in [-0.15, -0.1) is 0 Å². The summed E-state index contributed by atoms with van der Waals surface area (Å²) in [6.45, 7) is 3.35. The maximum absolute atomic E-state index is 13.3. The normalized spacial score (nSPS) is 10.7. The van der Waals surface area contributed by atoms with Crippen LogP contribution < -0.4 is 10.1 Å². The monoisotopic (exact) mass is 328 g/mol. The Balaban J connectivity index is 2.24. The zero-order valence-electron chi connectivity index (χ0n) is 11.5. The molecule has 0 aliphatic carbocycles. The van der Waals surface area contributed by atoms with Crippen molar-refractivity contribution < 1.29 is 9.13 Å². The molecule has 6 heteroatoms. The van der Waals surface area contributed by atoms with Gasteiger partial charge in [-0.1, -0.05) is 36.2 Å². The fraction of sp³-hybridized carbons (Fsp3) is 0.267. The second-order valence-corrected chi connectivity index (χ2v) is 5.23. The van der Waals surface area contributed by atoms with Gasteiger partial charge < -0.3 is 10.1 Å². The van der Waals surface area contributed by atoms with E-state index >= 15 is 0 Å². The minimum Gasteiger partial charge on any atom is -0.437 e. The van der Waals surface area contributed by atoms with E-state index in [1.807, 2.05) is 0 Å². The number of hydrogen-bond acceptors (Lipinski definition) is 3. The van der Waals surface area contributed by atoms with Gasteiger partial charge in [-0.2, -0.15) is 0 Å². The lowest BCUT2D eigenvalue weighted by molar-refractivity contribution is 0.448. The van der Waals surface area contributed by atoms with Crippen LogP contribution in [0.1, 0.15) is 18.9 Å². The van der Waals surface area contributed by atoms with Crippen molar-refractivity contribution in [1.82, 2.24) is 10.3 Å². The molecular formula is C15H15Cl2FN2O. The summed E-state index contributed by atoms with van der Waals surface area (Å²) in [4.78, 5) is 3.98. The van der Waals surface area contributed by atoms with Crippen LogP contribution in [0.2, 0.25) is 10.0 Å². The molecule has 0 aliphatic heterocycles. The van der Waals surface area contributed by atoms with Gasteiger partial charge in [0.05, 0.1) is 11.2 Å². The molecule has 2 rings (SSSR count). The highest BCUT2D eigenvalue weighted by atomic mass is 35.5. The van der Waals surface area contributed by atoms with Gasteiger partial charge in [0, 0.05) is 12.1 Å². The average molecular weight is 329 g/mol. The van der Waals surface area contributed by atoms with Gasteiger partial charge in [-0.05, 0) is 31.2 Å². The third kappa shape index (κ3) is 4.30. The lowest BCUT2D eigenvalue weighted by Gasteiger charge is -2.12. The molecule has 0 aliphatic rings. The summed E-state index contributed by atoms with van der Waals surface area (Å²) in [7, 11) is 0. The Morgan fingerprint density at radius 1 is 1.33 bits per heavy atom. The number of nitrogens with one attached hydrogen (secondary N) is 1. The van der Waals surface area contributed by atoms with E-state index in [-0.39, 0.29) is 0 Å². The van der Waals surface area contributed by atoms with E-state index in [1.54, 1.807) is 18.2 Å². The highest BCUT2D eigenvalue weighted by molar-refractivity contribution is 6.42. The second kappa shape index (κ2) is 7.59. The molecule has 0 saturated carbocycles. The number of benzene rings is 1. The lowest BCUT2D eigenvalue weighted by Crippen LogP contribution is -2.15. The van der Waals surface area contributed by atoms with Crippen LogP contribution in [-0.2, 0) is 6.54 Å². The number of hydrogen-bond donors (Lipinski definition) is 1. The highest BCUT2D eigenvalue weighted by Crippen LogP contribution is 2.35. The first kappa shape index (κ1) is 16.0.